The number of ether oxygens (including phenoxy) is 1. The Morgan fingerprint density at radius 3 is 2.94 bits per heavy atom. The molecule has 0 bridgehead atoms. The topological polar surface area (TPSA) is 34.1 Å². The molecule has 0 aliphatic carbocycles. The highest BCUT2D eigenvalue weighted by molar-refractivity contribution is 7.11. The van der Waals surface area contributed by atoms with Crippen LogP contribution in [0, 0.1) is 5.92 Å². The van der Waals surface area contributed by atoms with Crippen LogP contribution in [0.1, 0.15) is 48.4 Å². The van der Waals surface area contributed by atoms with Crippen molar-refractivity contribution in [3.05, 3.63) is 15.6 Å². The van der Waals surface area contributed by atoms with E-state index in [-0.39, 0.29) is 6.10 Å². The second kappa shape index (κ2) is 5.94. The molecule has 0 amide bonds. The quantitative estimate of drug-likeness (QED) is 0.877. The Labute approximate surface area is 108 Å². The zero-order valence-electron chi connectivity index (χ0n) is 11.0. The van der Waals surface area contributed by atoms with E-state index in [2.05, 4.69) is 19.2 Å². The third-order valence-corrected chi connectivity index (χ3v) is 4.13. The first-order valence-corrected chi connectivity index (χ1v) is 7.27. The minimum Gasteiger partial charge on any atom is -0.371 e. The normalized spacial score (nSPS) is 20.4. The maximum atomic E-state index is 5.72. The Bertz CT molecular complexity index is 356. The largest absolute Gasteiger partial charge is 0.371 e. The average Bonchev–Trinajstić information content (AvgIpc) is 2.87. The summed E-state index contributed by atoms with van der Waals surface area (Å²) >= 11 is 1.82. The zero-order valence-corrected chi connectivity index (χ0v) is 11.8. The molecule has 1 aromatic heterocycles. The van der Waals surface area contributed by atoms with Crippen LogP contribution in [0.25, 0.3) is 0 Å². The molecule has 1 aliphatic rings. The molecule has 2 rings (SSSR count). The summed E-state index contributed by atoms with van der Waals surface area (Å²) < 4.78 is 5.72. The van der Waals surface area contributed by atoms with Crippen molar-refractivity contribution in [3.63, 3.8) is 0 Å². The van der Waals surface area contributed by atoms with Gasteiger partial charge in [-0.2, -0.15) is 0 Å². The molecule has 1 unspecified atom stereocenters. The van der Waals surface area contributed by atoms with E-state index in [1.54, 1.807) is 0 Å². The van der Waals surface area contributed by atoms with Crippen molar-refractivity contribution in [3.8, 4) is 0 Å². The van der Waals surface area contributed by atoms with E-state index < -0.39 is 0 Å². The zero-order chi connectivity index (χ0) is 12.3. The highest BCUT2D eigenvalue weighted by Crippen LogP contribution is 2.33. The maximum Gasteiger partial charge on any atom is 0.122 e. The highest BCUT2D eigenvalue weighted by Gasteiger charge is 2.23. The molecule has 1 fully saturated rings. The molecule has 17 heavy (non-hydrogen) atoms. The van der Waals surface area contributed by atoms with Crippen LogP contribution in [0.3, 0.4) is 0 Å². The van der Waals surface area contributed by atoms with Crippen molar-refractivity contribution >= 4 is 11.3 Å². The van der Waals surface area contributed by atoms with E-state index in [1.807, 2.05) is 18.4 Å². The first-order valence-electron chi connectivity index (χ1n) is 6.45. The maximum absolute atomic E-state index is 5.72. The summed E-state index contributed by atoms with van der Waals surface area (Å²) in [7, 11) is 1.99. The molecule has 1 N–H and O–H groups in total. The van der Waals surface area contributed by atoms with Gasteiger partial charge in [0, 0.05) is 18.0 Å². The van der Waals surface area contributed by atoms with E-state index in [0.29, 0.717) is 5.92 Å². The number of aromatic nitrogens is 1. The molecule has 1 saturated heterocycles. The summed E-state index contributed by atoms with van der Waals surface area (Å²) in [5.41, 5.74) is 1.27. The van der Waals surface area contributed by atoms with Crippen LogP contribution >= 0.6 is 11.3 Å². The Morgan fingerprint density at radius 2 is 2.35 bits per heavy atom. The lowest BCUT2D eigenvalue weighted by Crippen LogP contribution is -2.07. The van der Waals surface area contributed by atoms with Crippen molar-refractivity contribution in [2.45, 2.75) is 45.8 Å². The molecule has 3 nitrogen and oxygen atoms in total. The Kier molecular flexibility index (Phi) is 4.54. The van der Waals surface area contributed by atoms with E-state index in [4.69, 9.17) is 9.72 Å². The van der Waals surface area contributed by atoms with Gasteiger partial charge in [-0.05, 0) is 32.2 Å². The molecular formula is C13H22N2OS. The predicted octanol–water partition coefficient (Wildman–Crippen LogP) is 2.91. The number of hydrogen-bond acceptors (Lipinski definition) is 4. The SMILES string of the molecule is CNCc1sc(C2CCCO2)nc1CC(C)C. The summed E-state index contributed by atoms with van der Waals surface area (Å²) in [4.78, 5) is 6.19. The lowest BCUT2D eigenvalue weighted by molar-refractivity contribution is 0.111. The van der Waals surface area contributed by atoms with Crippen LogP contribution in [0.4, 0.5) is 0 Å². The van der Waals surface area contributed by atoms with Crippen LogP contribution in [0.2, 0.25) is 0 Å². The Morgan fingerprint density at radius 1 is 1.53 bits per heavy atom. The molecule has 0 radical (unpaired) electrons. The Hall–Kier alpha value is -0.450. The third kappa shape index (κ3) is 3.27. The molecule has 1 atom stereocenters. The number of rotatable bonds is 5. The smallest absolute Gasteiger partial charge is 0.122 e. The molecule has 0 spiro atoms. The van der Waals surface area contributed by atoms with Gasteiger partial charge in [0.2, 0.25) is 0 Å². The van der Waals surface area contributed by atoms with Crippen molar-refractivity contribution in [1.29, 1.82) is 0 Å². The van der Waals surface area contributed by atoms with Gasteiger partial charge in [0.15, 0.2) is 0 Å². The number of nitrogens with one attached hydrogen (secondary N) is 1. The highest BCUT2D eigenvalue weighted by atomic mass is 32.1. The van der Waals surface area contributed by atoms with Crippen LogP contribution in [0.15, 0.2) is 0 Å². The number of nitrogens with zero attached hydrogens (tertiary/aromatic N) is 1. The number of hydrogen-bond donors (Lipinski definition) is 1. The predicted molar refractivity (Wildman–Crippen MR) is 71.3 cm³/mol. The summed E-state index contributed by atoms with van der Waals surface area (Å²) in [5, 5.41) is 4.41. The van der Waals surface area contributed by atoms with Crippen LogP contribution in [-0.4, -0.2) is 18.6 Å². The summed E-state index contributed by atoms with van der Waals surface area (Å²) in [5.74, 6) is 0.657. The molecular weight excluding hydrogens is 232 g/mol. The summed E-state index contributed by atoms with van der Waals surface area (Å²) in [6.07, 6.45) is 3.63. The van der Waals surface area contributed by atoms with Gasteiger partial charge in [-0.15, -0.1) is 11.3 Å². The van der Waals surface area contributed by atoms with Gasteiger partial charge in [0.05, 0.1) is 5.69 Å². The monoisotopic (exact) mass is 254 g/mol. The van der Waals surface area contributed by atoms with Crippen LogP contribution in [-0.2, 0) is 17.7 Å². The van der Waals surface area contributed by atoms with Gasteiger partial charge >= 0.3 is 0 Å². The molecule has 0 saturated carbocycles. The van der Waals surface area contributed by atoms with E-state index >= 15 is 0 Å². The van der Waals surface area contributed by atoms with Gasteiger partial charge in [-0.25, -0.2) is 4.98 Å². The molecule has 0 aromatic carbocycles. The first-order chi connectivity index (χ1) is 8.20. The van der Waals surface area contributed by atoms with Gasteiger partial charge in [0.25, 0.3) is 0 Å². The fourth-order valence-electron chi connectivity index (χ4n) is 2.16. The van der Waals surface area contributed by atoms with Gasteiger partial charge in [-0.3, -0.25) is 0 Å². The fourth-order valence-corrected chi connectivity index (χ4v) is 3.35. The lowest BCUT2D eigenvalue weighted by Gasteiger charge is -2.04. The van der Waals surface area contributed by atoms with Gasteiger partial charge in [-0.1, -0.05) is 13.8 Å². The van der Waals surface area contributed by atoms with Crippen molar-refractivity contribution < 1.29 is 4.74 Å². The summed E-state index contributed by atoms with van der Waals surface area (Å²) in [6.45, 7) is 6.31. The van der Waals surface area contributed by atoms with E-state index in [0.717, 1.165) is 26.0 Å². The van der Waals surface area contributed by atoms with Gasteiger partial charge in [0.1, 0.15) is 11.1 Å². The minimum absolute atomic E-state index is 0.261. The first kappa shape index (κ1) is 13.0. The second-order valence-electron chi connectivity index (χ2n) is 5.05. The molecule has 2 heterocycles. The molecule has 4 heteroatoms. The standard InChI is InChI=1S/C13H22N2OS/c1-9(2)7-10-12(8-14-3)17-13(15-10)11-5-4-6-16-11/h9,11,14H,4-8H2,1-3H3. The van der Waals surface area contributed by atoms with Crippen molar-refractivity contribution in [2.75, 3.05) is 13.7 Å². The third-order valence-electron chi connectivity index (χ3n) is 2.94. The fraction of sp³-hybridized carbons (Fsp3) is 0.769. The average molecular weight is 254 g/mol. The minimum atomic E-state index is 0.261. The van der Waals surface area contributed by atoms with E-state index in [9.17, 15) is 0 Å². The van der Waals surface area contributed by atoms with Crippen molar-refractivity contribution in [2.24, 2.45) is 5.92 Å². The van der Waals surface area contributed by atoms with Crippen LogP contribution in [0.5, 0.6) is 0 Å². The lowest BCUT2D eigenvalue weighted by atomic mass is 10.1. The van der Waals surface area contributed by atoms with Crippen LogP contribution < -0.4 is 5.32 Å². The second-order valence-corrected chi connectivity index (χ2v) is 6.17. The Balaban J connectivity index is 2.16. The number of thiazole rings is 1. The molecule has 1 aliphatic heterocycles. The van der Waals surface area contributed by atoms with E-state index in [1.165, 1.54) is 22.0 Å². The molecule has 1 aromatic rings. The molecule has 96 valence electrons. The summed E-state index contributed by atoms with van der Waals surface area (Å²) in [6, 6.07) is 0. The van der Waals surface area contributed by atoms with Gasteiger partial charge < -0.3 is 10.1 Å². The van der Waals surface area contributed by atoms with Crippen molar-refractivity contribution in [1.82, 2.24) is 10.3 Å².